The van der Waals surface area contributed by atoms with E-state index in [9.17, 15) is 0 Å². The van der Waals surface area contributed by atoms with E-state index >= 15 is 0 Å². The van der Waals surface area contributed by atoms with E-state index in [1.165, 1.54) is 32.3 Å². The van der Waals surface area contributed by atoms with Crippen molar-refractivity contribution in [2.75, 3.05) is 0 Å². The molecule has 0 aliphatic heterocycles. The van der Waals surface area contributed by atoms with Crippen molar-refractivity contribution in [3.05, 3.63) is 120 Å². The Morgan fingerprint density at radius 3 is 1.31 bits per heavy atom. The number of halogens is 1. The summed E-state index contributed by atoms with van der Waals surface area (Å²) in [5, 5.41) is 7.49. The van der Waals surface area contributed by atoms with E-state index in [2.05, 4.69) is 94.8 Å². The van der Waals surface area contributed by atoms with Crippen LogP contribution in [0, 0.1) is 0 Å². The molecule has 3 heteroatoms. The van der Waals surface area contributed by atoms with Crippen molar-refractivity contribution >= 4 is 48.2 Å². The van der Waals surface area contributed by atoms with Crippen LogP contribution < -0.4 is 0 Å². The molecule has 2 nitrogen and oxygen atoms in total. The van der Waals surface area contributed by atoms with Gasteiger partial charge in [0.1, 0.15) is 0 Å². The summed E-state index contributed by atoms with van der Waals surface area (Å²) < 4.78 is 1.10. The molecule has 164 valence electrons. The Bertz CT molecular complexity index is 1720. The zero-order valence-electron chi connectivity index (χ0n) is 18.7. The molecular formula is C32H19BrN2. The highest BCUT2D eigenvalue weighted by atomic mass is 79.9. The molecule has 35 heavy (non-hydrogen) atoms. The fraction of sp³-hybridized carbons (Fsp3) is 0. The highest BCUT2D eigenvalue weighted by Crippen LogP contribution is 2.38. The van der Waals surface area contributed by atoms with Crippen LogP contribution in [0.15, 0.2) is 120 Å². The Morgan fingerprint density at radius 2 is 0.857 bits per heavy atom. The number of hydrogen-bond acceptors (Lipinski definition) is 2. The van der Waals surface area contributed by atoms with Crippen LogP contribution in [0.3, 0.4) is 0 Å². The van der Waals surface area contributed by atoms with Gasteiger partial charge in [-0.3, -0.25) is 0 Å². The summed E-state index contributed by atoms with van der Waals surface area (Å²) >= 11 is 3.65. The minimum Gasteiger partial charge on any atom is -0.228 e. The number of benzene rings is 6. The van der Waals surface area contributed by atoms with Crippen LogP contribution in [-0.4, -0.2) is 9.97 Å². The van der Waals surface area contributed by atoms with Crippen molar-refractivity contribution < 1.29 is 0 Å². The Morgan fingerprint density at radius 1 is 0.429 bits per heavy atom. The summed E-state index contributed by atoms with van der Waals surface area (Å²) in [7, 11) is 0. The summed E-state index contributed by atoms with van der Waals surface area (Å²) in [4.78, 5) is 10.1. The van der Waals surface area contributed by atoms with E-state index in [1.807, 2.05) is 36.4 Å². The second-order valence-corrected chi connectivity index (χ2v) is 9.77. The molecule has 7 rings (SSSR count). The van der Waals surface area contributed by atoms with Gasteiger partial charge in [0.05, 0.1) is 11.4 Å². The minimum atomic E-state index is 0.735. The summed E-state index contributed by atoms with van der Waals surface area (Å²) in [5.74, 6) is 0.735. The highest BCUT2D eigenvalue weighted by Gasteiger charge is 2.14. The maximum Gasteiger partial charge on any atom is 0.160 e. The molecule has 0 aliphatic carbocycles. The molecule has 0 saturated carbocycles. The lowest BCUT2D eigenvalue weighted by molar-refractivity contribution is 1.18. The molecule has 0 fully saturated rings. The quantitative estimate of drug-likeness (QED) is 0.221. The third-order valence-electron chi connectivity index (χ3n) is 6.62. The van der Waals surface area contributed by atoms with Crippen molar-refractivity contribution in [2.24, 2.45) is 0 Å². The lowest BCUT2D eigenvalue weighted by Crippen LogP contribution is -1.96. The molecule has 1 aromatic heterocycles. The molecule has 0 atom stereocenters. The van der Waals surface area contributed by atoms with Crippen molar-refractivity contribution in [1.82, 2.24) is 9.97 Å². The first kappa shape index (κ1) is 20.3. The molecule has 7 aromatic rings. The van der Waals surface area contributed by atoms with E-state index in [1.54, 1.807) is 0 Å². The fourth-order valence-corrected chi connectivity index (χ4v) is 5.51. The van der Waals surface area contributed by atoms with E-state index in [0.717, 1.165) is 38.4 Å². The standard InChI is InChI=1S/C32H19BrN2/c33-27-17-24-13-11-22-15-26(16-23-12-14-25(18-27)31(24)30(22)23)32-34-28(20-7-3-1-4-8-20)19-29(35-32)21-9-5-2-6-10-21/h1-19H. The first-order valence-corrected chi connectivity index (χ1v) is 12.4. The average molecular weight is 511 g/mol. The van der Waals surface area contributed by atoms with Crippen molar-refractivity contribution in [3.8, 4) is 33.9 Å². The van der Waals surface area contributed by atoms with Crippen molar-refractivity contribution in [3.63, 3.8) is 0 Å². The first-order valence-electron chi connectivity index (χ1n) is 11.6. The Labute approximate surface area is 211 Å². The number of hydrogen-bond donors (Lipinski definition) is 0. The van der Waals surface area contributed by atoms with Gasteiger partial charge in [0, 0.05) is 21.2 Å². The molecule has 0 saturated heterocycles. The monoisotopic (exact) mass is 510 g/mol. The summed E-state index contributed by atoms with van der Waals surface area (Å²) in [6.07, 6.45) is 0. The van der Waals surface area contributed by atoms with Gasteiger partial charge < -0.3 is 0 Å². The Hall–Kier alpha value is -4.08. The molecule has 0 spiro atoms. The smallest absolute Gasteiger partial charge is 0.160 e. The lowest BCUT2D eigenvalue weighted by Gasteiger charge is -2.14. The van der Waals surface area contributed by atoms with Gasteiger partial charge >= 0.3 is 0 Å². The first-order chi connectivity index (χ1) is 17.2. The molecule has 0 N–H and O–H groups in total. The fourth-order valence-electron chi connectivity index (χ4n) is 5.02. The van der Waals surface area contributed by atoms with Crippen molar-refractivity contribution in [1.29, 1.82) is 0 Å². The highest BCUT2D eigenvalue weighted by molar-refractivity contribution is 9.10. The van der Waals surface area contributed by atoms with Gasteiger partial charge in [-0.2, -0.15) is 0 Å². The van der Waals surface area contributed by atoms with Crippen LogP contribution in [0.2, 0.25) is 0 Å². The number of rotatable bonds is 3. The topological polar surface area (TPSA) is 25.8 Å². The summed E-state index contributed by atoms with van der Waals surface area (Å²) in [6.45, 7) is 0. The molecule has 1 heterocycles. The van der Waals surface area contributed by atoms with Crippen LogP contribution in [0.1, 0.15) is 0 Å². The second-order valence-electron chi connectivity index (χ2n) is 8.85. The number of nitrogens with zero attached hydrogens (tertiary/aromatic N) is 2. The summed E-state index contributed by atoms with van der Waals surface area (Å²) in [5.41, 5.74) is 5.02. The van der Waals surface area contributed by atoms with Crippen LogP contribution in [-0.2, 0) is 0 Å². The van der Waals surface area contributed by atoms with Crippen LogP contribution in [0.25, 0.3) is 66.2 Å². The molecule has 0 bridgehead atoms. The Balaban J connectivity index is 1.49. The van der Waals surface area contributed by atoms with E-state index in [4.69, 9.17) is 9.97 Å². The molecule has 0 aliphatic rings. The van der Waals surface area contributed by atoms with Gasteiger partial charge in [-0.05, 0) is 62.6 Å². The molecule has 6 aromatic carbocycles. The molecule has 0 radical (unpaired) electrons. The van der Waals surface area contributed by atoms with E-state index in [0.29, 0.717) is 0 Å². The maximum atomic E-state index is 5.03. The SMILES string of the molecule is Brc1cc2ccc3cc(-c4nc(-c5ccccc5)cc(-c5ccccc5)n4)cc4ccc(c1)c2c34. The van der Waals surface area contributed by atoms with Crippen LogP contribution in [0.4, 0.5) is 0 Å². The van der Waals surface area contributed by atoms with Gasteiger partial charge in [0.15, 0.2) is 5.82 Å². The molecular weight excluding hydrogens is 492 g/mol. The normalized spacial score (nSPS) is 11.6. The van der Waals surface area contributed by atoms with Crippen LogP contribution in [0.5, 0.6) is 0 Å². The zero-order chi connectivity index (χ0) is 23.4. The Kier molecular flexibility index (Phi) is 4.64. The largest absolute Gasteiger partial charge is 0.228 e. The minimum absolute atomic E-state index is 0.735. The van der Waals surface area contributed by atoms with Gasteiger partial charge in [0.2, 0.25) is 0 Å². The second kappa shape index (κ2) is 8.00. The van der Waals surface area contributed by atoms with Gasteiger partial charge in [-0.25, -0.2) is 9.97 Å². The van der Waals surface area contributed by atoms with E-state index in [-0.39, 0.29) is 0 Å². The van der Waals surface area contributed by atoms with Gasteiger partial charge in [-0.1, -0.05) is 101 Å². The van der Waals surface area contributed by atoms with Crippen molar-refractivity contribution in [2.45, 2.75) is 0 Å². The summed E-state index contributed by atoms with van der Waals surface area (Å²) in [6, 6.07) is 40.4. The van der Waals surface area contributed by atoms with E-state index < -0.39 is 0 Å². The predicted molar refractivity (Wildman–Crippen MR) is 150 cm³/mol. The maximum absolute atomic E-state index is 5.03. The molecule has 0 unspecified atom stereocenters. The van der Waals surface area contributed by atoms with Gasteiger partial charge in [0.25, 0.3) is 0 Å². The predicted octanol–water partition coefficient (Wildman–Crippen LogP) is 9.14. The average Bonchev–Trinajstić information content (AvgIpc) is 2.92. The third-order valence-corrected chi connectivity index (χ3v) is 7.08. The molecule has 0 amide bonds. The third kappa shape index (κ3) is 3.48. The zero-order valence-corrected chi connectivity index (χ0v) is 20.3. The number of aromatic nitrogens is 2. The van der Waals surface area contributed by atoms with Crippen LogP contribution >= 0.6 is 15.9 Å². The lowest BCUT2D eigenvalue weighted by atomic mass is 9.93. The van der Waals surface area contributed by atoms with Gasteiger partial charge in [-0.15, -0.1) is 0 Å².